The van der Waals surface area contributed by atoms with Crippen LogP contribution in [-0.4, -0.2) is 24.7 Å². The first kappa shape index (κ1) is 16.8. The van der Waals surface area contributed by atoms with E-state index >= 15 is 0 Å². The van der Waals surface area contributed by atoms with Crippen LogP contribution in [0.3, 0.4) is 0 Å². The highest BCUT2D eigenvalue weighted by atomic mass is 16.5. The number of ether oxygens (including phenoxy) is 1. The maximum atomic E-state index is 6.15. The Hall–Kier alpha value is -1.55. The number of benzene rings is 1. The topological polar surface area (TPSA) is 59.6 Å². The van der Waals surface area contributed by atoms with Crippen molar-refractivity contribution in [3.05, 3.63) is 29.8 Å². The van der Waals surface area contributed by atoms with Crippen molar-refractivity contribution in [2.24, 2.45) is 10.7 Å². The van der Waals surface area contributed by atoms with Crippen LogP contribution in [0.1, 0.15) is 51.0 Å². The normalized spacial score (nSPS) is 18.2. The number of rotatable bonds is 6. The van der Waals surface area contributed by atoms with Crippen molar-refractivity contribution in [2.45, 2.75) is 58.0 Å². The minimum atomic E-state index is -0.104. The quantitative estimate of drug-likeness (QED) is 0.620. The fraction of sp³-hybridized carbons (Fsp3) is 0.611. The van der Waals surface area contributed by atoms with Crippen LogP contribution in [0, 0.1) is 6.92 Å². The molecule has 1 aromatic rings. The lowest BCUT2D eigenvalue weighted by atomic mass is 9.84. The van der Waals surface area contributed by atoms with Crippen molar-refractivity contribution < 1.29 is 4.74 Å². The number of aliphatic imine (C=N–C) groups is 1. The van der Waals surface area contributed by atoms with E-state index in [0.717, 1.165) is 31.6 Å². The fourth-order valence-electron chi connectivity index (χ4n) is 3.00. The molecular weight excluding hydrogens is 274 g/mol. The van der Waals surface area contributed by atoms with Crippen LogP contribution in [0.4, 0.5) is 5.69 Å². The van der Waals surface area contributed by atoms with E-state index in [1.165, 1.54) is 24.8 Å². The number of nitrogens with zero attached hydrogens (tertiary/aromatic N) is 1. The summed E-state index contributed by atoms with van der Waals surface area (Å²) in [4.78, 5) is 4.56. The van der Waals surface area contributed by atoms with E-state index in [-0.39, 0.29) is 5.60 Å². The predicted octanol–water partition coefficient (Wildman–Crippen LogP) is 3.85. The van der Waals surface area contributed by atoms with Gasteiger partial charge in [0.1, 0.15) is 0 Å². The Morgan fingerprint density at radius 1 is 1.32 bits per heavy atom. The van der Waals surface area contributed by atoms with Gasteiger partial charge in [0, 0.05) is 12.3 Å². The molecule has 4 heteroatoms. The van der Waals surface area contributed by atoms with Gasteiger partial charge in [-0.15, -0.1) is 0 Å². The Morgan fingerprint density at radius 3 is 2.77 bits per heavy atom. The van der Waals surface area contributed by atoms with Crippen molar-refractivity contribution in [3.8, 4) is 0 Å². The Bertz CT molecular complexity index is 493. The molecule has 0 saturated heterocycles. The summed E-state index contributed by atoms with van der Waals surface area (Å²) in [5.74, 6) is 0.468. The molecule has 0 unspecified atom stereocenters. The first-order valence-corrected chi connectivity index (χ1v) is 8.41. The summed E-state index contributed by atoms with van der Waals surface area (Å²) in [7, 11) is 0. The fourth-order valence-corrected chi connectivity index (χ4v) is 3.00. The predicted molar refractivity (Wildman–Crippen MR) is 93.4 cm³/mol. The molecule has 1 fully saturated rings. The van der Waals surface area contributed by atoms with Crippen LogP contribution in [0.2, 0.25) is 0 Å². The summed E-state index contributed by atoms with van der Waals surface area (Å²) in [6.45, 7) is 5.67. The van der Waals surface area contributed by atoms with Gasteiger partial charge in [-0.3, -0.25) is 4.99 Å². The van der Waals surface area contributed by atoms with Crippen molar-refractivity contribution in [1.82, 2.24) is 0 Å². The highest BCUT2D eigenvalue weighted by Gasteiger charge is 2.32. The van der Waals surface area contributed by atoms with Crippen LogP contribution >= 0.6 is 0 Å². The lowest BCUT2D eigenvalue weighted by molar-refractivity contribution is -0.0624. The summed E-state index contributed by atoms with van der Waals surface area (Å²) in [6, 6.07) is 8.14. The van der Waals surface area contributed by atoms with Crippen LogP contribution in [-0.2, 0) is 4.74 Å². The maximum Gasteiger partial charge on any atom is 0.193 e. The van der Waals surface area contributed by atoms with Crippen molar-refractivity contribution >= 4 is 11.6 Å². The van der Waals surface area contributed by atoms with Crippen LogP contribution < -0.4 is 11.1 Å². The molecule has 0 aliphatic heterocycles. The molecule has 1 aliphatic carbocycles. The van der Waals surface area contributed by atoms with Crippen molar-refractivity contribution in [2.75, 3.05) is 18.5 Å². The van der Waals surface area contributed by atoms with Gasteiger partial charge < -0.3 is 15.8 Å². The second kappa shape index (κ2) is 8.18. The van der Waals surface area contributed by atoms with E-state index in [2.05, 4.69) is 36.3 Å². The Kier molecular flexibility index (Phi) is 6.25. The zero-order valence-corrected chi connectivity index (χ0v) is 13.9. The third-order valence-electron chi connectivity index (χ3n) is 4.21. The highest BCUT2D eigenvalue weighted by Crippen LogP contribution is 2.32. The van der Waals surface area contributed by atoms with E-state index < -0.39 is 0 Å². The Morgan fingerprint density at radius 2 is 2.09 bits per heavy atom. The molecule has 2 rings (SSSR count). The van der Waals surface area contributed by atoms with Gasteiger partial charge in [-0.25, -0.2) is 0 Å². The number of anilines is 1. The molecule has 122 valence electrons. The SMILES string of the molecule is CCCOC1(CN=C(N)Nc2cccc(C)c2)CCCCC1. The number of nitrogens with two attached hydrogens (primary N) is 1. The van der Waals surface area contributed by atoms with E-state index in [0.29, 0.717) is 12.5 Å². The molecule has 0 bridgehead atoms. The molecule has 22 heavy (non-hydrogen) atoms. The minimum Gasteiger partial charge on any atom is -0.373 e. The van der Waals surface area contributed by atoms with Gasteiger partial charge in [-0.1, -0.05) is 38.3 Å². The van der Waals surface area contributed by atoms with Gasteiger partial charge in [0.15, 0.2) is 5.96 Å². The molecule has 4 nitrogen and oxygen atoms in total. The van der Waals surface area contributed by atoms with Crippen molar-refractivity contribution in [3.63, 3.8) is 0 Å². The standard InChI is InChI=1S/C18H29N3O/c1-3-12-22-18(10-5-4-6-11-18)14-20-17(19)21-16-9-7-8-15(2)13-16/h7-9,13H,3-6,10-12,14H2,1-2H3,(H3,19,20,21). The van der Waals surface area contributed by atoms with Crippen LogP contribution in [0.5, 0.6) is 0 Å². The number of hydrogen-bond acceptors (Lipinski definition) is 2. The Labute approximate surface area is 134 Å². The summed E-state index contributed by atoms with van der Waals surface area (Å²) in [5, 5.41) is 3.17. The van der Waals surface area contributed by atoms with Gasteiger partial charge in [-0.2, -0.15) is 0 Å². The first-order chi connectivity index (χ1) is 10.6. The lowest BCUT2D eigenvalue weighted by Crippen LogP contribution is -2.40. The average Bonchev–Trinajstić information content (AvgIpc) is 2.52. The summed E-state index contributed by atoms with van der Waals surface area (Å²) in [5.41, 5.74) is 8.12. The van der Waals surface area contributed by atoms with Gasteiger partial charge in [-0.05, 0) is 43.9 Å². The van der Waals surface area contributed by atoms with E-state index in [4.69, 9.17) is 10.5 Å². The number of guanidine groups is 1. The molecule has 0 spiro atoms. The van der Waals surface area contributed by atoms with Crippen molar-refractivity contribution in [1.29, 1.82) is 0 Å². The zero-order valence-electron chi connectivity index (χ0n) is 13.9. The average molecular weight is 303 g/mol. The summed E-state index contributed by atoms with van der Waals surface area (Å²) < 4.78 is 6.15. The number of aryl methyl sites for hydroxylation is 1. The van der Waals surface area contributed by atoms with Gasteiger partial charge in [0.05, 0.1) is 12.1 Å². The second-order valence-corrected chi connectivity index (χ2v) is 6.29. The Balaban J connectivity index is 1.97. The van der Waals surface area contributed by atoms with Gasteiger partial charge in [0.2, 0.25) is 0 Å². The number of hydrogen-bond donors (Lipinski definition) is 2. The number of nitrogens with one attached hydrogen (secondary N) is 1. The largest absolute Gasteiger partial charge is 0.373 e. The maximum absolute atomic E-state index is 6.15. The summed E-state index contributed by atoms with van der Waals surface area (Å²) >= 11 is 0. The molecule has 1 saturated carbocycles. The molecule has 0 amide bonds. The molecule has 1 aromatic carbocycles. The molecule has 0 atom stereocenters. The van der Waals surface area contributed by atoms with Crippen LogP contribution in [0.25, 0.3) is 0 Å². The molecule has 1 aliphatic rings. The van der Waals surface area contributed by atoms with Gasteiger partial charge in [0.25, 0.3) is 0 Å². The lowest BCUT2D eigenvalue weighted by Gasteiger charge is -2.36. The van der Waals surface area contributed by atoms with Gasteiger partial charge >= 0.3 is 0 Å². The smallest absolute Gasteiger partial charge is 0.193 e. The monoisotopic (exact) mass is 303 g/mol. The first-order valence-electron chi connectivity index (χ1n) is 8.41. The van der Waals surface area contributed by atoms with Crippen LogP contribution in [0.15, 0.2) is 29.3 Å². The third-order valence-corrected chi connectivity index (χ3v) is 4.21. The van der Waals surface area contributed by atoms with E-state index in [9.17, 15) is 0 Å². The minimum absolute atomic E-state index is 0.104. The molecule has 3 N–H and O–H groups in total. The van der Waals surface area contributed by atoms with E-state index in [1.54, 1.807) is 0 Å². The summed E-state index contributed by atoms with van der Waals surface area (Å²) in [6.07, 6.45) is 6.98. The van der Waals surface area contributed by atoms with E-state index in [1.807, 2.05) is 12.1 Å². The third kappa shape index (κ3) is 5.02. The molecule has 0 radical (unpaired) electrons. The highest BCUT2D eigenvalue weighted by molar-refractivity contribution is 5.92. The molecular formula is C18H29N3O. The molecule has 0 aromatic heterocycles. The zero-order chi connectivity index (χ0) is 15.8. The second-order valence-electron chi connectivity index (χ2n) is 6.29. The molecule has 0 heterocycles.